The fourth-order valence-corrected chi connectivity index (χ4v) is 11.5. The third kappa shape index (κ3) is 13.3. The highest BCUT2D eigenvalue weighted by Crippen LogP contribution is 2.49. The van der Waals surface area contributed by atoms with Gasteiger partial charge in [0.1, 0.15) is 6.54 Å². The first-order valence-corrected chi connectivity index (χ1v) is 29.7. The van der Waals surface area contributed by atoms with Gasteiger partial charge in [-0.3, -0.25) is 28.2 Å². The van der Waals surface area contributed by atoms with Crippen LogP contribution in [-0.4, -0.2) is 129 Å². The number of nitrogens with one attached hydrogen (secondary N) is 2. The van der Waals surface area contributed by atoms with E-state index < -0.39 is 98.8 Å². The van der Waals surface area contributed by atoms with Crippen molar-refractivity contribution >= 4 is 101 Å². The highest BCUT2D eigenvalue weighted by atomic mass is 32.3. The van der Waals surface area contributed by atoms with E-state index in [-0.39, 0.29) is 55.3 Å². The topological polar surface area (TPSA) is 384 Å². The lowest BCUT2D eigenvalue weighted by Gasteiger charge is -2.27. The van der Waals surface area contributed by atoms with Crippen molar-refractivity contribution in [2.75, 3.05) is 41.4 Å². The molecule has 0 radical (unpaired) electrons. The Morgan fingerprint density at radius 3 is 2.08 bits per heavy atom. The molecule has 0 saturated carbocycles. The smallest absolute Gasteiger partial charge is 0.294 e. The molecule has 2 aromatic heterocycles. The molecule has 72 heavy (non-hydrogen) atoms. The van der Waals surface area contributed by atoms with Crippen molar-refractivity contribution in [3.63, 3.8) is 0 Å². The number of hydrogen-bond donors (Lipinski definition) is 6. The zero-order valence-corrected chi connectivity index (χ0v) is 43.5. The van der Waals surface area contributed by atoms with Gasteiger partial charge in [0.25, 0.3) is 46.3 Å². The fourth-order valence-electron chi connectivity index (χ4n) is 8.13. The standard InChI is InChI=1S/C42H48N8O16S6/c1-41(2)30-23-28(71(61,62)63)10-13-33(30)49(19-5-21-68(53,54)55)35(41)15-8-26(32-12-7-27(25-45-32)38(52)44-18-17-37(51)46-39-47-48-40(67-39)70(43,59)60)9-16-36-42(3,4)31-24-29(72(64,65)66)11-14-34(31)50(36)20-6-22-69(56,57)58/h7-16,23-25H,5-6,17-22H2,1-4H3,(H7-,43,44,46,47,51,52,53,54,55,56,57,58,59,60,61,62,63,64,65,66). The van der Waals surface area contributed by atoms with E-state index in [1.807, 2.05) is 0 Å². The molecule has 0 saturated heterocycles. The van der Waals surface area contributed by atoms with E-state index >= 15 is 0 Å². The van der Waals surface area contributed by atoms with Crippen LogP contribution in [0.25, 0.3) is 5.57 Å². The third-order valence-electron chi connectivity index (χ3n) is 11.6. The van der Waals surface area contributed by atoms with Crippen LogP contribution in [0.5, 0.6) is 0 Å². The van der Waals surface area contributed by atoms with Crippen LogP contribution < -0.4 is 20.7 Å². The largest absolute Gasteiger partial charge is 0.748 e. The molecular formula is C42H48N8O16S6. The van der Waals surface area contributed by atoms with E-state index in [1.54, 1.807) is 61.5 Å². The molecule has 24 nitrogen and oxygen atoms in total. The third-order valence-corrected chi connectivity index (χ3v) is 17.0. The van der Waals surface area contributed by atoms with E-state index in [0.29, 0.717) is 50.8 Å². The lowest BCUT2D eigenvalue weighted by molar-refractivity contribution is -0.437. The summed E-state index contributed by atoms with van der Waals surface area (Å²) in [6.07, 6.45) is 7.38. The Bertz CT molecular complexity index is 3550. The number of amides is 2. The minimum absolute atomic E-state index is 0.0155. The Balaban J connectivity index is 1.41. The van der Waals surface area contributed by atoms with Crippen LogP contribution in [0, 0.1) is 0 Å². The maximum Gasteiger partial charge on any atom is 0.294 e. The van der Waals surface area contributed by atoms with Crippen LogP contribution in [0.1, 0.15) is 74.1 Å². The summed E-state index contributed by atoms with van der Waals surface area (Å²) in [5, 5.41) is 16.8. The molecule has 0 fully saturated rings. The molecule has 0 unspecified atom stereocenters. The second-order valence-corrected chi connectivity index (χ2v) is 26.1. The number of carbonyl (C=O) groups excluding carboxylic acids is 2. The summed E-state index contributed by atoms with van der Waals surface area (Å²) >= 11 is 0.536. The van der Waals surface area contributed by atoms with Gasteiger partial charge in [-0.15, -0.1) is 10.2 Å². The normalized spacial score (nSPS) is 16.6. The van der Waals surface area contributed by atoms with Crippen molar-refractivity contribution < 1.29 is 74.5 Å². The second kappa shape index (κ2) is 20.7. The number of nitrogens with zero attached hydrogens (tertiary/aromatic N) is 5. The number of hydrogen-bond acceptors (Lipinski definition) is 18. The molecule has 6 rings (SSSR count). The molecule has 0 aliphatic carbocycles. The van der Waals surface area contributed by atoms with Gasteiger partial charge in [0, 0.05) is 78.0 Å². The van der Waals surface area contributed by atoms with Gasteiger partial charge in [0.2, 0.25) is 21.1 Å². The molecule has 7 N–H and O–H groups in total. The van der Waals surface area contributed by atoms with Crippen molar-refractivity contribution in [3.8, 4) is 0 Å². The summed E-state index contributed by atoms with van der Waals surface area (Å²) < 4.78 is 161. The Kier molecular flexibility index (Phi) is 16.0. The van der Waals surface area contributed by atoms with Crippen LogP contribution in [0.3, 0.4) is 0 Å². The number of carbonyl (C=O) groups is 2. The lowest BCUT2D eigenvalue weighted by Crippen LogP contribution is -2.28. The van der Waals surface area contributed by atoms with Gasteiger partial charge in [-0.25, -0.2) is 22.0 Å². The van der Waals surface area contributed by atoms with Crippen LogP contribution in [0.2, 0.25) is 0 Å². The van der Waals surface area contributed by atoms with Gasteiger partial charge < -0.3 is 20.1 Å². The van der Waals surface area contributed by atoms with E-state index in [2.05, 4.69) is 25.8 Å². The predicted octanol–water partition coefficient (Wildman–Crippen LogP) is 2.74. The molecule has 2 aromatic carbocycles. The summed E-state index contributed by atoms with van der Waals surface area (Å²) in [5.41, 5.74) is 1.41. The average Bonchev–Trinajstić information content (AvgIpc) is 3.88. The Labute approximate surface area is 419 Å². The summed E-state index contributed by atoms with van der Waals surface area (Å²) in [4.78, 5) is 31.2. The van der Waals surface area contributed by atoms with Gasteiger partial charge in [0.05, 0.1) is 42.3 Å². The molecule has 0 bridgehead atoms. The highest BCUT2D eigenvalue weighted by Gasteiger charge is 2.45. The fraction of sp³-hybridized carbons (Fsp3) is 0.333. The van der Waals surface area contributed by atoms with Crippen LogP contribution >= 0.6 is 11.3 Å². The van der Waals surface area contributed by atoms with Gasteiger partial charge >= 0.3 is 0 Å². The summed E-state index contributed by atoms with van der Waals surface area (Å²) in [7, 11) is -22.5. The minimum Gasteiger partial charge on any atom is -0.748 e. The van der Waals surface area contributed by atoms with E-state index in [4.69, 9.17) is 5.14 Å². The van der Waals surface area contributed by atoms with Crippen molar-refractivity contribution in [2.24, 2.45) is 5.14 Å². The first-order valence-electron chi connectivity index (χ1n) is 21.2. The molecule has 2 aliphatic rings. The first kappa shape index (κ1) is 55.6. The van der Waals surface area contributed by atoms with Gasteiger partial charge in [-0.2, -0.15) is 29.8 Å². The number of anilines is 2. The molecule has 388 valence electrons. The molecule has 30 heteroatoms. The maximum atomic E-state index is 13.2. The van der Waals surface area contributed by atoms with E-state index in [0.717, 1.165) is 0 Å². The summed E-state index contributed by atoms with van der Waals surface area (Å²) in [6, 6.07) is 10.8. The monoisotopic (exact) mass is 1110 g/mol. The zero-order chi connectivity index (χ0) is 53.4. The summed E-state index contributed by atoms with van der Waals surface area (Å²) in [5.74, 6) is -2.58. The molecule has 4 aromatic rings. The van der Waals surface area contributed by atoms with Gasteiger partial charge in [-0.1, -0.05) is 31.3 Å². The van der Waals surface area contributed by atoms with Crippen molar-refractivity contribution in [3.05, 3.63) is 107 Å². The predicted molar refractivity (Wildman–Crippen MR) is 262 cm³/mol. The van der Waals surface area contributed by atoms with Crippen molar-refractivity contribution in [1.29, 1.82) is 0 Å². The first-order chi connectivity index (χ1) is 33.2. The number of aromatic nitrogens is 3. The number of rotatable bonds is 20. The second-order valence-electron chi connectivity index (χ2n) is 17.4. The van der Waals surface area contributed by atoms with E-state index in [9.17, 15) is 69.9 Å². The quantitative estimate of drug-likeness (QED) is 0.0321. The number of pyridine rings is 1. The van der Waals surface area contributed by atoms with Gasteiger partial charge in [0.15, 0.2) is 5.71 Å². The molecule has 2 aliphatic heterocycles. The number of primary sulfonamides is 1. The Morgan fingerprint density at radius 1 is 0.847 bits per heavy atom. The van der Waals surface area contributed by atoms with E-state index in [1.165, 1.54) is 54.7 Å². The number of benzene rings is 2. The minimum atomic E-state index is -4.66. The number of nitrogens with two attached hydrogens (primary N) is 1. The average molecular weight is 1110 g/mol. The molecule has 4 heterocycles. The Morgan fingerprint density at radius 2 is 1.50 bits per heavy atom. The molecule has 0 atom stereocenters. The van der Waals surface area contributed by atoms with Crippen LogP contribution in [0.4, 0.5) is 16.5 Å². The maximum absolute atomic E-state index is 13.2. The van der Waals surface area contributed by atoms with Crippen molar-refractivity contribution in [2.45, 2.75) is 71.9 Å². The summed E-state index contributed by atoms with van der Waals surface area (Å²) in [6.45, 7) is 6.88. The molecule has 2 amide bonds. The SMILES string of the molecule is CC1(C)C(=CC=C(C=CC2=[N+](CCCS(=O)(=O)[O-])c3ccc(S(=O)(=O)O)cc3C2(C)C)c2ccc(C(=O)NCCC(=O)Nc3nnc(S(N)(=O)=O)s3)cn2)N(CCCS(=O)(=O)O)c2ccc(S(=O)(=O)O)cc21. The molecule has 0 spiro atoms. The molecular weight excluding hydrogens is 1060 g/mol. The van der Waals surface area contributed by atoms with Crippen LogP contribution in [0.15, 0.2) is 98.9 Å². The van der Waals surface area contributed by atoms with Crippen molar-refractivity contribution in [1.82, 2.24) is 20.5 Å². The van der Waals surface area contributed by atoms with Gasteiger partial charge in [-0.05, 0) is 80.4 Å². The number of fused-ring (bicyclic) bond motifs is 2. The number of sulfonamides is 1. The van der Waals surface area contributed by atoms with Crippen LogP contribution in [-0.2, 0) is 66.1 Å². The number of allylic oxidation sites excluding steroid dienone is 6. The lowest BCUT2D eigenvalue weighted by atomic mass is 9.81. The zero-order valence-electron chi connectivity index (χ0n) is 38.6. The Hall–Kier alpha value is -5.67. The highest BCUT2D eigenvalue weighted by molar-refractivity contribution is 7.91.